The van der Waals surface area contributed by atoms with Gasteiger partial charge in [-0.2, -0.15) is 13.2 Å². The lowest BCUT2D eigenvalue weighted by Gasteiger charge is -2.36. The number of rotatable bonds is 8. The van der Waals surface area contributed by atoms with Gasteiger partial charge in [0.15, 0.2) is 0 Å². The van der Waals surface area contributed by atoms with Crippen molar-refractivity contribution >= 4 is 5.78 Å². The van der Waals surface area contributed by atoms with Crippen LogP contribution in [0, 0.1) is 0 Å². The van der Waals surface area contributed by atoms with Crippen molar-refractivity contribution < 1.29 is 18.0 Å². The SMILES string of the molecule is O=C(C1=CN(CCc2ccccc2)C(NCCc2ccccc2)CC1)C(F)(F)F. The van der Waals surface area contributed by atoms with Crippen LogP contribution >= 0.6 is 0 Å². The molecule has 1 aliphatic rings. The number of hydrogen-bond donors (Lipinski definition) is 1. The van der Waals surface area contributed by atoms with Gasteiger partial charge < -0.3 is 4.90 Å². The van der Waals surface area contributed by atoms with Crippen LogP contribution in [0.25, 0.3) is 0 Å². The number of benzene rings is 2. The zero-order valence-electron chi connectivity index (χ0n) is 16.2. The highest BCUT2D eigenvalue weighted by molar-refractivity contribution is 5.99. The summed E-state index contributed by atoms with van der Waals surface area (Å²) < 4.78 is 38.6. The van der Waals surface area contributed by atoms with Gasteiger partial charge in [-0.1, -0.05) is 60.7 Å². The summed E-state index contributed by atoms with van der Waals surface area (Å²) in [4.78, 5) is 13.6. The molecule has 0 aromatic heterocycles. The van der Waals surface area contributed by atoms with Crippen LogP contribution in [0.2, 0.25) is 0 Å². The van der Waals surface area contributed by atoms with Crippen LogP contribution < -0.4 is 5.32 Å². The molecule has 2 aromatic rings. The summed E-state index contributed by atoms with van der Waals surface area (Å²) in [6, 6.07) is 19.8. The van der Waals surface area contributed by atoms with Crippen LogP contribution in [-0.2, 0) is 17.6 Å². The number of halogens is 3. The first-order valence-electron chi connectivity index (χ1n) is 9.82. The Morgan fingerprint density at radius 3 is 2.14 bits per heavy atom. The molecule has 0 amide bonds. The van der Waals surface area contributed by atoms with Crippen LogP contribution in [0.5, 0.6) is 0 Å². The Kier molecular flexibility index (Phi) is 7.09. The number of Topliss-reactive ketones (excluding diaryl/α,β-unsaturated/α-hetero) is 1. The summed E-state index contributed by atoms with van der Waals surface area (Å²) in [7, 11) is 0. The molecule has 0 fully saturated rings. The van der Waals surface area contributed by atoms with Gasteiger partial charge in [-0.15, -0.1) is 0 Å². The van der Waals surface area contributed by atoms with E-state index in [9.17, 15) is 18.0 Å². The first-order valence-corrected chi connectivity index (χ1v) is 9.82. The van der Waals surface area contributed by atoms with Gasteiger partial charge in [-0.25, -0.2) is 0 Å². The average Bonchev–Trinajstić information content (AvgIpc) is 2.73. The summed E-state index contributed by atoms with van der Waals surface area (Å²) in [5, 5.41) is 3.44. The van der Waals surface area contributed by atoms with Gasteiger partial charge in [-0.3, -0.25) is 10.1 Å². The molecule has 0 saturated carbocycles. The minimum atomic E-state index is -4.83. The van der Waals surface area contributed by atoms with E-state index in [0.29, 0.717) is 25.9 Å². The maximum absolute atomic E-state index is 12.9. The van der Waals surface area contributed by atoms with E-state index in [4.69, 9.17) is 0 Å². The summed E-state index contributed by atoms with van der Waals surface area (Å²) >= 11 is 0. The third kappa shape index (κ3) is 6.19. The Labute approximate surface area is 169 Å². The molecule has 29 heavy (non-hydrogen) atoms. The molecule has 2 aromatic carbocycles. The maximum atomic E-state index is 12.9. The van der Waals surface area contributed by atoms with Gasteiger partial charge in [0.1, 0.15) is 0 Å². The van der Waals surface area contributed by atoms with Crippen LogP contribution in [0.1, 0.15) is 24.0 Å². The number of carbonyl (C=O) groups excluding carboxylic acids is 1. The van der Waals surface area contributed by atoms with E-state index in [-0.39, 0.29) is 18.2 Å². The molecule has 0 bridgehead atoms. The average molecular weight is 402 g/mol. The number of alkyl halides is 3. The van der Waals surface area contributed by atoms with Crippen LogP contribution in [0.4, 0.5) is 13.2 Å². The number of nitrogens with zero attached hydrogens (tertiary/aromatic N) is 1. The molecule has 1 aliphatic heterocycles. The highest BCUT2D eigenvalue weighted by Gasteiger charge is 2.41. The van der Waals surface area contributed by atoms with Gasteiger partial charge in [-0.05, 0) is 36.8 Å². The normalized spacial score (nSPS) is 17.1. The summed E-state index contributed by atoms with van der Waals surface area (Å²) in [6.45, 7) is 1.26. The quantitative estimate of drug-likeness (QED) is 0.706. The molecule has 154 valence electrons. The molecule has 3 nitrogen and oxygen atoms in total. The van der Waals surface area contributed by atoms with Gasteiger partial charge in [0.2, 0.25) is 0 Å². The van der Waals surface area contributed by atoms with E-state index in [1.807, 2.05) is 53.4 Å². The van der Waals surface area contributed by atoms with Crippen molar-refractivity contribution in [2.24, 2.45) is 0 Å². The van der Waals surface area contributed by atoms with E-state index in [2.05, 4.69) is 17.4 Å². The van der Waals surface area contributed by atoms with Gasteiger partial charge >= 0.3 is 6.18 Å². The zero-order chi connectivity index (χ0) is 20.7. The van der Waals surface area contributed by atoms with Crippen molar-refractivity contribution in [2.45, 2.75) is 38.0 Å². The van der Waals surface area contributed by atoms with E-state index >= 15 is 0 Å². The monoisotopic (exact) mass is 402 g/mol. The lowest BCUT2D eigenvalue weighted by Crippen LogP contribution is -2.47. The second kappa shape index (κ2) is 9.74. The molecular weight excluding hydrogens is 377 g/mol. The van der Waals surface area contributed by atoms with Crippen molar-refractivity contribution in [1.82, 2.24) is 10.2 Å². The third-order valence-electron chi connectivity index (χ3n) is 5.10. The van der Waals surface area contributed by atoms with Gasteiger partial charge in [0, 0.05) is 24.9 Å². The van der Waals surface area contributed by atoms with E-state index in [1.165, 1.54) is 11.8 Å². The lowest BCUT2D eigenvalue weighted by atomic mass is 10.00. The van der Waals surface area contributed by atoms with Crippen LogP contribution in [0.3, 0.4) is 0 Å². The van der Waals surface area contributed by atoms with Crippen molar-refractivity contribution in [1.29, 1.82) is 0 Å². The molecule has 1 atom stereocenters. The van der Waals surface area contributed by atoms with Gasteiger partial charge in [0.25, 0.3) is 5.78 Å². The molecule has 1 unspecified atom stereocenters. The Morgan fingerprint density at radius 1 is 0.966 bits per heavy atom. The highest BCUT2D eigenvalue weighted by atomic mass is 19.4. The Morgan fingerprint density at radius 2 is 1.55 bits per heavy atom. The minimum absolute atomic E-state index is 0.0905. The fourth-order valence-corrected chi connectivity index (χ4v) is 3.54. The number of carbonyl (C=O) groups is 1. The van der Waals surface area contributed by atoms with E-state index in [0.717, 1.165) is 12.0 Å². The van der Waals surface area contributed by atoms with Crippen LogP contribution in [0.15, 0.2) is 72.4 Å². The first-order chi connectivity index (χ1) is 13.9. The summed E-state index contributed by atoms with van der Waals surface area (Å²) in [6.07, 6.45) is -1.39. The first kappa shape index (κ1) is 21.1. The highest BCUT2D eigenvalue weighted by Crippen LogP contribution is 2.27. The van der Waals surface area contributed by atoms with Crippen molar-refractivity contribution in [3.8, 4) is 0 Å². The molecule has 6 heteroatoms. The fourth-order valence-electron chi connectivity index (χ4n) is 3.54. The molecule has 3 rings (SSSR count). The Bertz CT molecular complexity index is 819. The standard InChI is InChI=1S/C23H25F3N2O/c24-23(25,26)22(29)20-11-12-21(27-15-13-18-7-3-1-4-8-18)28(17-20)16-14-19-9-5-2-6-10-19/h1-10,17,21,27H,11-16H2. The molecule has 0 aliphatic carbocycles. The minimum Gasteiger partial charge on any atom is -0.361 e. The molecule has 0 saturated heterocycles. The smallest absolute Gasteiger partial charge is 0.361 e. The number of ketones is 1. The molecule has 1 heterocycles. The molecular formula is C23H25F3N2O. The summed E-state index contributed by atoms with van der Waals surface area (Å²) in [5.74, 6) is -1.73. The second-order valence-electron chi connectivity index (χ2n) is 7.20. The van der Waals surface area contributed by atoms with Crippen molar-refractivity contribution in [3.05, 3.63) is 83.6 Å². The van der Waals surface area contributed by atoms with Crippen molar-refractivity contribution in [2.75, 3.05) is 13.1 Å². The van der Waals surface area contributed by atoms with Crippen molar-refractivity contribution in [3.63, 3.8) is 0 Å². The largest absolute Gasteiger partial charge is 0.454 e. The number of nitrogens with one attached hydrogen (secondary N) is 1. The number of allylic oxidation sites excluding steroid dienone is 1. The predicted octanol–water partition coefficient (Wildman–Crippen LogP) is 4.50. The van der Waals surface area contributed by atoms with E-state index in [1.54, 1.807) is 0 Å². The predicted molar refractivity (Wildman–Crippen MR) is 107 cm³/mol. The van der Waals surface area contributed by atoms with Gasteiger partial charge in [0.05, 0.1) is 6.17 Å². The molecule has 0 spiro atoms. The Hall–Kier alpha value is -2.60. The number of hydrogen-bond acceptors (Lipinski definition) is 3. The lowest BCUT2D eigenvalue weighted by molar-refractivity contribution is -0.167. The van der Waals surface area contributed by atoms with E-state index < -0.39 is 12.0 Å². The molecule has 1 N–H and O–H groups in total. The topological polar surface area (TPSA) is 32.3 Å². The van der Waals surface area contributed by atoms with Crippen LogP contribution in [-0.4, -0.2) is 36.1 Å². The fraction of sp³-hybridized carbons (Fsp3) is 0.348. The zero-order valence-corrected chi connectivity index (χ0v) is 16.2. The molecule has 0 radical (unpaired) electrons. The maximum Gasteiger partial charge on any atom is 0.454 e. The Balaban J connectivity index is 1.66. The summed E-state index contributed by atoms with van der Waals surface area (Å²) in [5.41, 5.74) is 2.15. The third-order valence-corrected chi connectivity index (χ3v) is 5.10. The second-order valence-corrected chi connectivity index (χ2v) is 7.20.